The van der Waals surface area contributed by atoms with E-state index in [0.717, 1.165) is 4.90 Å². The second-order valence-electron chi connectivity index (χ2n) is 4.67. The maximum Gasteiger partial charge on any atom is 0.240 e. The van der Waals surface area contributed by atoms with Crippen LogP contribution < -0.4 is 5.32 Å². The number of carbonyl (C=O) groups excluding carboxylic acids is 3. The van der Waals surface area contributed by atoms with E-state index in [4.69, 9.17) is 0 Å². The van der Waals surface area contributed by atoms with Crippen molar-refractivity contribution in [2.45, 2.75) is 39.2 Å². The van der Waals surface area contributed by atoms with E-state index in [2.05, 4.69) is 5.32 Å². The minimum atomic E-state index is -0.344. The van der Waals surface area contributed by atoms with Crippen molar-refractivity contribution in [3.63, 3.8) is 0 Å². The van der Waals surface area contributed by atoms with Crippen LogP contribution in [-0.2, 0) is 14.4 Å². The van der Waals surface area contributed by atoms with Crippen molar-refractivity contribution in [2.75, 3.05) is 6.54 Å². The molecule has 1 rings (SSSR count). The lowest BCUT2D eigenvalue weighted by Crippen LogP contribution is -2.47. The highest BCUT2D eigenvalue weighted by Crippen LogP contribution is 2.11. The molecule has 0 atom stereocenters. The Bertz CT molecular complexity index is 288. The number of hydrogen-bond acceptors (Lipinski definition) is 3. The number of carbonyl (C=O) groups is 3. The van der Waals surface area contributed by atoms with Crippen molar-refractivity contribution >= 4 is 17.7 Å². The fraction of sp³-hybridized carbons (Fsp3) is 0.700. The van der Waals surface area contributed by atoms with Gasteiger partial charge in [0.25, 0.3) is 0 Å². The van der Waals surface area contributed by atoms with Crippen LogP contribution >= 0.6 is 0 Å². The summed E-state index contributed by atoms with van der Waals surface area (Å²) in [7, 11) is 0. The van der Waals surface area contributed by atoms with Gasteiger partial charge in [-0.05, 0) is 20.8 Å². The Balaban J connectivity index is 2.51. The number of nitrogens with zero attached hydrogens (tertiary/aromatic N) is 1. The lowest BCUT2D eigenvalue weighted by Gasteiger charge is -2.22. The first-order valence-corrected chi connectivity index (χ1v) is 4.94. The second kappa shape index (κ2) is 4.00. The predicted molar refractivity (Wildman–Crippen MR) is 53.8 cm³/mol. The third kappa shape index (κ3) is 3.34. The summed E-state index contributed by atoms with van der Waals surface area (Å²) < 4.78 is 0. The van der Waals surface area contributed by atoms with Crippen LogP contribution in [0.3, 0.4) is 0 Å². The van der Waals surface area contributed by atoms with Crippen LogP contribution in [0.4, 0.5) is 0 Å². The number of likely N-dealkylation sites (tertiary alicyclic amines) is 1. The molecule has 5 nitrogen and oxygen atoms in total. The van der Waals surface area contributed by atoms with Crippen molar-refractivity contribution in [1.82, 2.24) is 10.2 Å². The maximum atomic E-state index is 11.4. The number of rotatable bonds is 2. The van der Waals surface area contributed by atoms with Gasteiger partial charge in [-0.3, -0.25) is 19.3 Å². The van der Waals surface area contributed by atoms with Gasteiger partial charge in [-0.15, -0.1) is 0 Å². The van der Waals surface area contributed by atoms with E-state index in [1.165, 1.54) is 0 Å². The Kier molecular flexibility index (Phi) is 3.12. The molecule has 1 aliphatic heterocycles. The Labute approximate surface area is 88.8 Å². The van der Waals surface area contributed by atoms with Crippen LogP contribution in [0, 0.1) is 0 Å². The van der Waals surface area contributed by atoms with E-state index in [-0.39, 0.29) is 42.6 Å². The topological polar surface area (TPSA) is 66.5 Å². The first-order valence-electron chi connectivity index (χ1n) is 4.94. The van der Waals surface area contributed by atoms with Gasteiger partial charge in [0.05, 0.1) is 0 Å². The molecule has 0 saturated carbocycles. The first-order chi connectivity index (χ1) is 6.79. The minimum absolute atomic E-state index is 0.158. The van der Waals surface area contributed by atoms with Gasteiger partial charge in [0.1, 0.15) is 6.54 Å². The minimum Gasteiger partial charge on any atom is -0.350 e. The Morgan fingerprint density at radius 1 is 1.27 bits per heavy atom. The van der Waals surface area contributed by atoms with E-state index in [1.54, 1.807) is 0 Å². The number of nitrogens with one attached hydrogen (secondary N) is 1. The highest BCUT2D eigenvalue weighted by Gasteiger charge is 2.31. The quantitative estimate of drug-likeness (QED) is 0.658. The molecule has 5 heteroatoms. The van der Waals surface area contributed by atoms with E-state index in [1.807, 2.05) is 20.8 Å². The molecule has 0 unspecified atom stereocenters. The van der Waals surface area contributed by atoms with Crippen LogP contribution in [0.15, 0.2) is 0 Å². The predicted octanol–water partition coefficient (Wildman–Crippen LogP) is 0.0501. The molecule has 1 saturated heterocycles. The van der Waals surface area contributed by atoms with Gasteiger partial charge in [0.2, 0.25) is 17.7 Å². The molecule has 0 bridgehead atoms. The van der Waals surface area contributed by atoms with Crippen LogP contribution in [0.1, 0.15) is 33.6 Å². The van der Waals surface area contributed by atoms with Gasteiger partial charge >= 0.3 is 0 Å². The monoisotopic (exact) mass is 212 g/mol. The second-order valence-corrected chi connectivity index (χ2v) is 4.67. The number of imide groups is 1. The number of hydrogen-bond donors (Lipinski definition) is 1. The van der Waals surface area contributed by atoms with Crippen molar-refractivity contribution in [3.05, 3.63) is 0 Å². The molecule has 84 valence electrons. The SMILES string of the molecule is CC(C)(C)NC(=O)CN1C(=O)CCC1=O. The van der Waals surface area contributed by atoms with Crippen LogP contribution in [0.5, 0.6) is 0 Å². The third-order valence-corrected chi connectivity index (χ3v) is 1.97. The highest BCUT2D eigenvalue weighted by molar-refractivity contribution is 6.04. The molecule has 1 aliphatic rings. The van der Waals surface area contributed by atoms with E-state index in [9.17, 15) is 14.4 Å². The van der Waals surface area contributed by atoms with Gasteiger partial charge in [-0.2, -0.15) is 0 Å². The molecule has 1 fully saturated rings. The van der Waals surface area contributed by atoms with Gasteiger partial charge in [0, 0.05) is 18.4 Å². The van der Waals surface area contributed by atoms with Gasteiger partial charge in [0.15, 0.2) is 0 Å². The molecule has 0 aromatic rings. The largest absolute Gasteiger partial charge is 0.350 e. The molecule has 0 aromatic carbocycles. The fourth-order valence-corrected chi connectivity index (χ4v) is 1.40. The molecule has 0 spiro atoms. The smallest absolute Gasteiger partial charge is 0.240 e. The summed E-state index contributed by atoms with van der Waals surface area (Å²) in [6.07, 6.45) is 0.448. The molecule has 3 amide bonds. The normalized spacial score (nSPS) is 17.1. The Hall–Kier alpha value is -1.39. The number of amides is 3. The van der Waals surface area contributed by atoms with Gasteiger partial charge < -0.3 is 5.32 Å². The molecule has 0 aromatic heterocycles. The van der Waals surface area contributed by atoms with Gasteiger partial charge in [-0.1, -0.05) is 0 Å². The average Bonchev–Trinajstić information content (AvgIpc) is 2.32. The summed E-state index contributed by atoms with van der Waals surface area (Å²) in [4.78, 5) is 34.9. The summed E-state index contributed by atoms with van der Waals surface area (Å²) in [6, 6.07) is 0. The lowest BCUT2D eigenvalue weighted by molar-refractivity contribution is -0.142. The van der Waals surface area contributed by atoms with Crippen LogP contribution in [0.25, 0.3) is 0 Å². The van der Waals surface area contributed by atoms with Crippen LogP contribution in [-0.4, -0.2) is 34.7 Å². The summed E-state index contributed by atoms with van der Waals surface area (Å²) in [5.74, 6) is -0.820. The third-order valence-electron chi connectivity index (χ3n) is 1.97. The molecular weight excluding hydrogens is 196 g/mol. The highest BCUT2D eigenvalue weighted by atomic mass is 16.2. The van der Waals surface area contributed by atoms with Crippen molar-refractivity contribution in [3.8, 4) is 0 Å². The summed E-state index contributed by atoms with van der Waals surface area (Å²) in [5.41, 5.74) is -0.344. The molecule has 15 heavy (non-hydrogen) atoms. The fourth-order valence-electron chi connectivity index (χ4n) is 1.40. The first kappa shape index (κ1) is 11.7. The standard InChI is InChI=1S/C10H16N2O3/c1-10(2,3)11-7(13)6-12-8(14)4-5-9(12)15/h4-6H2,1-3H3,(H,11,13). The molecule has 0 radical (unpaired) electrons. The zero-order valence-electron chi connectivity index (χ0n) is 9.29. The molecule has 1 N–H and O–H groups in total. The Morgan fingerprint density at radius 3 is 2.13 bits per heavy atom. The summed E-state index contributed by atoms with van der Waals surface area (Å²) in [6.45, 7) is 5.38. The van der Waals surface area contributed by atoms with E-state index >= 15 is 0 Å². The van der Waals surface area contributed by atoms with E-state index in [0.29, 0.717) is 0 Å². The van der Waals surface area contributed by atoms with E-state index < -0.39 is 0 Å². The average molecular weight is 212 g/mol. The van der Waals surface area contributed by atoms with Gasteiger partial charge in [-0.25, -0.2) is 0 Å². The van der Waals surface area contributed by atoms with Crippen molar-refractivity contribution in [2.24, 2.45) is 0 Å². The lowest BCUT2D eigenvalue weighted by atomic mass is 10.1. The van der Waals surface area contributed by atoms with Crippen LogP contribution in [0.2, 0.25) is 0 Å². The zero-order valence-corrected chi connectivity index (χ0v) is 9.29. The molecular formula is C10H16N2O3. The van der Waals surface area contributed by atoms with Crippen molar-refractivity contribution in [1.29, 1.82) is 0 Å². The summed E-state index contributed by atoms with van der Waals surface area (Å²) >= 11 is 0. The van der Waals surface area contributed by atoms with Crippen molar-refractivity contribution < 1.29 is 14.4 Å². The Morgan fingerprint density at radius 2 is 1.73 bits per heavy atom. The summed E-state index contributed by atoms with van der Waals surface area (Å²) in [5, 5.41) is 2.70. The molecule has 1 heterocycles. The zero-order chi connectivity index (χ0) is 11.6. The molecule has 0 aliphatic carbocycles. The maximum absolute atomic E-state index is 11.4.